The summed E-state index contributed by atoms with van der Waals surface area (Å²) in [5, 5.41) is 12.3. The molecular formula is C22H28N2O5. The Bertz CT molecular complexity index is 743. The monoisotopic (exact) mass is 400 g/mol. The van der Waals surface area contributed by atoms with E-state index in [-0.39, 0.29) is 6.10 Å². The fourth-order valence-corrected chi connectivity index (χ4v) is 3.69. The number of rotatable bonds is 7. The summed E-state index contributed by atoms with van der Waals surface area (Å²) in [5.74, 6) is -0.387. The zero-order valence-corrected chi connectivity index (χ0v) is 16.8. The van der Waals surface area contributed by atoms with E-state index in [4.69, 9.17) is 14.2 Å². The maximum Gasteiger partial charge on any atom is 0.338 e. The van der Waals surface area contributed by atoms with Gasteiger partial charge in [0.05, 0.1) is 17.7 Å². The number of carbonyl (C=O) groups excluding carboxylic acids is 2. The van der Waals surface area contributed by atoms with Crippen molar-refractivity contribution in [1.29, 1.82) is 5.26 Å². The van der Waals surface area contributed by atoms with Crippen molar-refractivity contribution in [3.63, 3.8) is 0 Å². The largest absolute Gasteiger partial charge is 0.491 e. The molecule has 2 fully saturated rings. The normalized spacial score (nSPS) is 21.6. The number of benzene rings is 1. The maximum absolute atomic E-state index is 12.4. The molecule has 1 saturated carbocycles. The van der Waals surface area contributed by atoms with Crippen molar-refractivity contribution in [1.82, 2.24) is 5.32 Å². The van der Waals surface area contributed by atoms with Gasteiger partial charge < -0.3 is 19.5 Å². The molecule has 1 aliphatic carbocycles. The number of amides is 1. The van der Waals surface area contributed by atoms with Gasteiger partial charge in [-0.2, -0.15) is 5.26 Å². The molecule has 0 aromatic heterocycles. The number of nitriles is 1. The molecule has 7 nitrogen and oxygen atoms in total. The van der Waals surface area contributed by atoms with Gasteiger partial charge in [0.1, 0.15) is 17.9 Å². The third kappa shape index (κ3) is 5.70. The van der Waals surface area contributed by atoms with Crippen molar-refractivity contribution in [2.75, 3.05) is 13.2 Å². The second-order valence-electron chi connectivity index (χ2n) is 7.76. The molecule has 7 heteroatoms. The first-order chi connectivity index (χ1) is 14.0. The summed E-state index contributed by atoms with van der Waals surface area (Å²) in [7, 11) is 0. The summed E-state index contributed by atoms with van der Waals surface area (Å²) >= 11 is 0. The number of hydrogen-bond donors (Lipinski definition) is 1. The van der Waals surface area contributed by atoms with Crippen molar-refractivity contribution in [3.05, 3.63) is 29.8 Å². The van der Waals surface area contributed by atoms with Crippen LogP contribution in [0.15, 0.2) is 24.3 Å². The van der Waals surface area contributed by atoms with Crippen molar-refractivity contribution < 1.29 is 23.8 Å². The first-order valence-electron chi connectivity index (χ1n) is 10.3. The van der Waals surface area contributed by atoms with Crippen molar-refractivity contribution in [3.8, 4) is 11.8 Å². The van der Waals surface area contributed by atoms with Gasteiger partial charge in [-0.05, 0) is 56.9 Å². The van der Waals surface area contributed by atoms with Crippen LogP contribution < -0.4 is 10.1 Å². The SMILES string of the molecule is C[C@H](OC(=O)c1ccc(OC[C@@H]2CCCO2)cc1)C(=O)NC1(C#N)CCCCC1. The van der Waals surface area contributed by atoms with E-state index in [1.54, 1.807) is 24.3 Å². The molecule has 1 heterocycles. The van der Waals surface area contributed by atoms with Crippen LogP contribution in [-0.4, -0.2) is 42.8 Å². The zero-order valence-electron chi connectivity index (χ0n) is 16.8. The number of hydrogen-bond acceptors (Lipinski definition) is 6. The van der Waals surface area contributed by atoms with E-state index in [0.29, 0.717) is 30.8 Å². The van der Waals surface area contributed by atoms with Crippen LogP contribution in [0.2, 0.25) is 0 Å². The number of carbonyl (C=O) groups is 2. The standard InChI is InChI=1S/C22H28N2O5/c1-16(20(25)24-22(15-23)11-3-2-4-12-22)29-21(26)17-7-9-18(10-8-17)28-14-19-6-5-13-27-19/h7-10,16,19H,2-6,11-14H2,1H3,(H,24,25)/t16-,19-/m0/s1. The van der Waals surface area contributed by atoms with Crippen LogP contribution >= 0.6 is 0 Å². The molecule has 1 saturated heterocycles. The lowest BCUT2D eigenvalue weighted by molar-refractivity contribution is -0.130. The summed E-state index contributed by atoms with van der Waals surface area (Å²) in [6.45, 7) is 2.78. The topological polar surface area (TPSA) is 97.7 Å². The Hall–Kier alpha value is -2.59. The third-order valence-electron chi connectivity index (χ3n) is 5.49. The molecule has 1 aromatic rings. The van der Waals surface area contributed by atoms with Crippen LogP contribution in [-0.2, 0) is 14.3 Å². The van der Waals surface area contributed by atoms with E-state index in [1.807, 2.05) is 0 Å². The van der Waals surface area contributed by atoms with E-state index in [2.05, 4.69) is 11.4 Å². The fraction of sp³-hybridized carbons (Fsp3) is 0.591. The van der Waals surface area contributed by atoms with Gasteiger partial charge >= 0.3 is 5.97 Å². The molecule has 1 aromatic carbocycles. The molecule has 1 aliphatic heterocycles. The van der Waals surface area contributed by atoms with Gasteiger partial charge in [-0.25, -0.2) is 4.79 Å². The van der Waals surface area contributed by atoms with Crippen LogP contribution in [0.3, 0.4) is 0 Å². The average molecular weight is 400 g/mol. The van der Waals surface area contributed by atoms with Gasteiger partial charge in [0.2, 0.25) is 0 Å². The van der Waals surface area contributed by atoms with E-state index in [0.717, 1.165) is 38.7 Å². The molecule has 0 spiro atoms. The molecule has 2 aliphatic rings. The van der Waals surface area contributed by atoms with E-state index in [1.165, 1.54) is 6.92 Å². The highest BCUT2D eigenvalue weighted by Gasteiger charge is 2.35. The molecule has 1 amide bonds. The van der Waals surface area contributed by atoms with E-state index < -0.39 is 23.5 Å². The molecule has 156 valence electrons. The lowest BCUT2D eigenvalue weighted by atomic mass is 9.83. The van der Waals surface area contributed by atoms with Crippen LogP contribution in [0.1, 0.15) is 62.2 Å². The van der Waals surface area contributed by atoms with Crippen LogP contribution in [0.5, 0.6) is 5.75 Å². The van der Waals surface area contributed by atoms with Gasteiger partial charge in [0.25, 0.3) is 5.91 Å². The molecule has 1 N–H and O–H groups in total. The summed E-state index contributed by atoms with van der Waals surface area (Å²) in [6.07, 6.45) is 5.33. The first kappa shape index (κ1) is 21.1. The zero-order chi connectivity index (χ0) is 20.7. The molecule has 0 unspecified atom stereocenters. The highest BCUT2D eigenvalue weighted by molar-refractivity contribution is 5.92. The van der Waals surface area contributed by atoms with Gasteiger partial charge in [-0.15, -0.1) is 0 Å². The molecule has 29 heavy (non-hydrogen) atoms. The number of nitrogens with one attached hydrogen (secondary N) is 1. The highest BCUT2D eigenvalue weighted by atomic mass is 16.5. The second-order valence-corrected chi connectivity index (χ2v) is 7.76. The summed E-state index contributed by atoms with van der Waals surface area (Å²) in [5.41, 5.74) is -0.514. The van der Waals surface area contributed by atoms with Gasteiger partial charge in [-0.3, -0.25) is 4.79 Å². The lowest BCUT2D eigenvalue weighted by Gasteiger charge is -2.32. The summed E-state index contributed by atoms with van der Waals surface area (Å²) in [4.78, 5) is 24.8. The van der Waals surface area contributed by atoms with Crippen molar-refractivity contribution in [2.45, 2.75) is 69.6 Å². The second kappa shape index (κ2) is 9.75. The Labute approximate surface area is 171 Å². The van der Waals surface area contributed by atoms with Crippen LogP contribution in [0, 0.1) is 11.3 Å². The molecule has 0 bridgehead atoms. The van der Waals surface area contributed by atoms with E-state index >= 15 is 0 Å². The molecule has 2 atom stereocenters. The minimum Gasteiger partial charge on any atom is -0.491 e. The smallest absolute Gasteiger partial charge is 0.338 e. The molecule has 3 rings (SSSR count). The minimum absolute atomic E-state index is 0.125. The minimum atomic E-state index is -0.981. The highest BCUT2D eigenvalue weighted by Crippen LogP contribution is 2.27. The van der Waals surface area contributed by atoms with Gasteiger partial charge in [0, 0.05) is 6.61 Å². The van der Waals surface area contributed by atoms with Crippen LogP contribution in [0.4, 0.5) is 0 Å². The lowest BCUT2D eigenvalue weighted by Crippen LogP contribution is -2.52. The predicted octanol–water partition coefficient (Wildman–Crippen LogP) is 3.13. The summed E-state index contributed by atoms with van der Waals surface area (Å²) in [6, 6.07) is 8.84. The Morgan fingerprint density at radius 1 is 1.24 bits per heavy atom. The Balaban J connectivity index is 1.49. The number of ether oxygens (including phenoxy) is 3. The summed E-state index contributed by atoms with van der Waals surface area (Å²) < 4.78 is 16.5. The Morgan fingerprint density at radius 3 is 2.59 bits per heavy atom. The van der Waals surface area contributed by atoms with Gasteiger partial charge in [0.15, 0.2) is 6.10 Å². The Kier molecular flexibility index (Phi) is 7.10. The maximum atomic E-state index is 12.4. The van der Waals surface area contributed by atoms with Gasteiger partial charge in [-0.1, -0.05) is 19.3 Å². The molecular weight excluding hydrogens is 372 g/mol. The third-order valence-corrected chi connectivity index (χ3v) is 5.49. The van der Waals surface area contributed by atoms with E-state index in [9.17, 15) is 14.9 Å². The first-order valence-corrected chi connectivity index (χ1v) is 10.3. The molecule has 0 radical (unpaired) electrons. The van der Waals surface area contributed by atoms with Crippen LogP contribution in [0.25, 0.3) is 0 Å². The quantitative estimate of drug-likeness (QED) is 0.706. The number of nitrogens with zero attached hydrogens (tertiary/aromatic N) is 1. The fourth-order valence-electron chi connectivity index (χ4n) is 3.69. The average Bonchev–Trinajstić information content (AvgIpc) is 3.27. The predicted molar refractivity (Wildman–Crippen MR) is 105 cm³/mol. The van der Waals surface area contributed by atoms with Crippen molar-refractivity contribution >= 4 is 11.9 Å². The Morgan fingerprint density at radius 2 is 1.97 bits per heavy atom. The number of esters is 1. The van der Waals surface area contributed by atoms with Crippen molar-refractivity contribution in [2.24, 2.45) is 0 Å².